The average molecular weight is 337 g/mol. The van der Waals surface area contributed by atoms with Crippen LogP contribution in [0.1, 0.15) is 54.6 Å². The van der Waals surface area contributed by atoms with Crippen molar-refractivity contribution in [3.05, 3.63) is 11.3 Å². The van der Waals surface area contributed by atoms with Gasteiger partial charge in [0.05, 0.1) is 11.3 Å². The summed E-state index contributed by atoms with van der Waals surface area (Å²) in [6.07, 6.45) is 7.77. The van der Waals surface area contributed by atoms with Gasteiger partial charge in [0.1, 0.15) is 5.00 Å². The van der Waals surface area contributed by atoms with Crippen LogP contribution in [0.3, 0.4) is 0 Å². The number of aryl methyl sites for hydroxylation is 1. The fraction of sp³-hybridized carbons (Fsp3) is 0.765. The van der Waals surface area contributed by atoms with Crippen LogP contribution in [0.5, 0.6) is 0 Å². The number of hydrogen-bond donors (Lipinski definition) is 2. The van der Waals surface area contributed by atoms with Crippen molar-refractivity contribution in [1.29, 1.82) is 0 Å². The number of aromatic nitrogens is 1. The monoisotopic (exact) mass is 336 g/mol. The van der Waals surface area contributed by atoms with Crippen molar-refractivity contribution in [3.8, 4) is 0 Å². The third kappa shape index (κ3) is 4.04. The summed E-state index contributed by atoms with van der Waals surface area (Å²) in [5, 5.41) is 7.14. The first-order chi connectivity index (χ1) is 11.2. The van der Waals surface area contributed by atoms with Gasteiger partial charge in [-0.25, -0.2) is 0 Å². The Balaban J connectivity index is 1.48. The van der Waals surface area contributed by atoms with E-state index in [0.29, 0.717) is 11.6 Å². The number of carbonyl (C=O) groups excluding carboxylic acids is 1. The average Bonchev–Trinajstić information content (AvgIpc) is 3.18. The smallest absolute Gasteiger partial charge is 0.256 e. The van der Waals surface area contributed by atoms with E-state index >= 15 is 0 Å². The van der Waals surface area contributed by atoms with Crippen LogP contribution in [0.25, 0.3) is 0 Å². The first-order valence-electron chi connectivity index (χ1n) is 8.84. The minimum Gasteiger partial charge on any atom is -0.378 e. The molecule has 2 fully saturated rings. The van der Waals surface area contributed by atoms with Gasteiger partial charge in [-0.2, -0.15) is 4.37 Å². The van der Waals surface area contributed by atoms with Crippen LogP contribution in [-0.2, 0) is 0 Å². The number of rotatable bonds is 5. The molecule has 0 atom stereocenters. The molecule has 128 valence electrons. The maximum absolute atomic E-state index is 12.5. The second kappa shape index (κ2) is 7.62. The van der Waals surface area contributed by atoms with Gasteiger partial charge in [0.2, 0.25) is 0 Å². The Bertz CT molecular complexity index is 531. The number of piperidine rings is 1. The van der Waals surface area contributed by atoms with Crippen LogP contribution >= 0.6 is 11.5 Å². The van der Waals surface area contributed by atoms with Gasteiger partial charge < -0.3 is 15.5 Å². The Morgan fingerprint density at radius 3 is 2.61 bits per heavy atom. The fourth-order valence-electron chi connectivity index (χ4n) is 3.88. The zero-order valence-electron chi connectivity index (χ0n) is 14.2. The second-order valence-electron chi connectivity index (χ2n) is 6.92. The highest BCUT2D eigenvalue weighted by Crippen LogP contribution is 2.27. The molecule has 6 heteroatoms. The molecule has 0 bridgehead atoms. The molecule has 5 nitrogen and oxygen atoms in total. The molecule has 0 radical (unpaired) electrons. The van der Waals surface area contributed by atoms with E-state index in [1.54, 1.807) is 0 Å². The minimum absolute atomic E-state index is 0.0230. The third-order valence-corrected chi connectivity index (χ3v) is 6.19. The summed E-state index contributed by atoms with van der Waals surface area (Å²) in [6, 6.07) is 0.298. The van der Waals surface area contributed by atoms with Crippen molar-refractivity contribution in [3.63, 3.8) is 0 Å². The van der Waals surface area contributed by atoms with Crippen LogP contribution < -0.4 is 10.6 Å². The Labute approximate surface area is 143 Å². The van der Waals surface area contributed by atoms with E-state index in [2.05, 4.69) is 19.9 Å². The standard InChI is InChI=1S/C17H28N4OS/c1-12-15(17(18-2)23-20-12)16(22)19-14-7-9-21(10-8-14)11-13-5-3-4-6-13/h13-14,18H,3-11H2,1-2H3,(H,19,22). The van der Waals surface area contributed by atoms with Gasteiger partial charge in [-0.15, -0.1) is 0 Å². The molecule has 0 aromatic carbocycles. The maximum Gasteiger partial charge on any atom is 0.256 e. The van der Waals surface area contributed by atoms with Crippen LogP contribution in [-0.4, -0.2) is 47.9 Å². The van der Waals surface area contributed by atoms with E-state index in [4.69, 9.17) is 0 Å². The minimum atomic E-state index is 0.0230. The molecule has 3 rings (SSSR count). The Morgan fingerprint density at radius 1 is 1.26 bits per heavy atom. The maximum atomic E-state index is 12.5. The van der Waals surface area contributed by atoms with Crippen LogP contribution in [0, 0.1) is 12.8 Å². The molecule has 2 N–H and O–H groups in total. The Kier molecular flexibility index (Phi) is 5.54. The van der Waals surface area contributed by atoms with E-state index in [0.717, 1.165) is 42.5 Å². The number of nitrogens with one attached hydrogen (secondary N) is 2. The molecular weight excluding hydrogens is 308 g/mol. The van der Waals surface area contributed by atoms with E-state index in [9.17, 15) is 4.79 Å². The Morgan fingerprint density at radius 2 is 1.96 bits per heavy atom. The summed E-state index contributed by atoms with van der Waals surface area (Å²) in [7, 11) is 1.84. The molecule has 1 aliphatic carbocycles. The molecule has 1 saturated carbocycles. The highest BCUT2D eigenvalue weighted by atomic mass is 32.1. The quantitative estimate of drug-likeness (QED) is 0.868. The fourth-order valence-corrected chi connectivity index (χ4v) is 4.63. The molecule has 1 saturated heterocycles. The lowest BCUT2D eigenvalue weighted by Gasteiger charge is -2.33. The van der Waals surface area contributed by atoms with Crippen molar-refractivity contribution >= 4 is 22.4 Å². The van der Waals surface area contributed by atoms with Crippen molar-refractivity contribution < 1.29 is 4.79 Å². The molecule has 2 aliphatic rings. The van der Waals surface area contributed by atoms with Gasteiger partial charge >= 0.3 is 0 Å². The lowest BCUT2D eigenvalue weighted by Crippen LogP contribution is -2.45. The number of anilines is 1. The molecule has 2 heterocycles. The molecule has 1 aromatic heterocycles. The summed E-state index contributed by atoms with van der Waals surface area (Å²) in [5.41, 5.74) is 1.53. The highest BCUT2D eigenvalue weighted by molar-refractivity contribution is 7.10. The molecule has 1 amide bonds. The summed E-state index contributed by atoms with van der Waals surface area (Å²) in [4.78, 5) is 15.1. The zero-order chi connectivity index (χ0) is 16.2. The lowest BCUT2D eigenvalue weighted by molar-refractivity contribution is 0.0906. The van der Waals surface area contributed by atoms with Crippen LogP contribution in [0.4, 0.5) is 5.00 Å². The zero-order valence-corrected chi connectivity index (χ0v) is 15.0. The largest absolute Gasteiger partial charge is 0.378 e. The van der Waals surface area contributed by atoms with Crippen molar-refractivity contribution in [2.45, 2.75) is 51.5 Å². The van der Waals surface area contributed by atoms with Crippen LogP contribution in [0.2, 0.25) is 0 Å². The van der Waals surface area contributed by atoms with Gasteiger partial charge in [-0.1, -0.05) is 12.8 Å². The Hall–Kier alpha value is -1.14. The predicted octanol–water partition coefficient (Wildman–Crippen LogP) is 2.88. The van der Waals surface area contributed by atoms with E-state index in [1.807, 2.05) is 14.0 Å². The van der Waals surface area contributed by atoms with Gasteiger partial charge in [0.25, 0.3) is 5.91 Å². The molecule has 0 spiro atoms. The number of carbonyl (C=O) groups is 1. The van der Waals surface area contributed by atoms with E-state index < -0.39 is 0 Å². The first kappa shape index (κ1) is 16.7. The first-order valence-corrected chi connectivity index (χ1v) is 9.62. The summed E-state index contributed by atoms with van der Waals surface area (Å²) in [6.45, 7) is 5.39. The van der Waals surface area contributed by atoms with Gasteiger partial charge in [-0.3, -0.25) is 4.79 Å². The number of amides is 1. The molecule has 0 unspecified atom stereocenters. The number of likely N-dealkylation sites (tertiary alicyclic amines) is 1. The van der Waals surface area contributed by atoms with Gasteiger partial charge in [-0.05, 0) is 50.1 Å². The summed E-state index contributed by atoms with van der Waals surface area (Å²) in [5.74, 6) is 0.939. The molecule has 1 aliphatic heterocycles. The predicted molar refractivity (Wildman–Crippen MR) is 95.3 cm³/mol. The van der Waals surface area contributed by atoms with Gasteiger partial charge in [0.15, 0.2) is 0 Å². The highest BCUT2D eigenvalue weighted by Gasteiger charge is 2.26. The SMILES string of the molecule is CNc1snc(C)c1C(=O)NC1CCN(CC2CCCC2)CC1. The number of nitrogens with zero attached hydrogens (tertiary/aromatic N) is 2. The number of hydrogen-bond acceptors (Lipinski definition) is 5. The van der Waals surface area contributed by atoms with Gasteiger partial charge in [0, 0.05) is 32.7 Å². The van der Waals surface area contributed by atoms with Crippen molar-refractivity contribution in [1.82, 2.24) is 14.6 Å². The lowest BCUT2D eigenvalue weighted by atomic mass is 10.0. The van der Waals surface area contributed by atoms with Crippen LogP contribution in [0.15, 0.2) is 0 Å². The van der Waals surface area contributed by atoms with Crippen molar-refractivity contribution in [2.24, 2.45) is 5.92 Å². The van der Waals surface area contributed by atoms with Crippen molar-refractivity contribution in [2.75, 3.05) is 32.0 Å². The molecule has 1 aromatic rings. The summed E-state index contributed by atoms with van der Waals surface area (Å²) < 4.78 is 4.28. The van der Waals surface area contributed by atoms with E-state index in [1.165, 1.54) is 43.8 Å². The third-order valence-electron chi connectivity index (χ3n) is 5.23. The second-order valence-corrected chi connectivity index (χ2v) is 7.69. The van der Waals surface area contributed by atoms with E-state index in [-0.39, 0.29) is 5.91 Å². The topological polar surface area (TPSA) is 57.3 Å². The summed E-state index contributed by atoms with van der Waals surface area (Å²) >= 11 is 1.35. The molecular formula is C17H28N4OS. The molecule has 23 heavy (non-hydrogen) atoms. The normalized spacial score (nSPS) is 20.8.